The van der Waals surface area contributed by atoms with Crippen LogP contribution >= 0.6 is 0 Å². The van der Waals surface area contributed by atoms with Crippen LogP contribution in [0.5, 0.6) is 5.75 Å². The highest BCUT2D eigenvalue weighted by Gasteiger charge is 1.98. The molecule has 0 aromatic heterocycles. The molecule has 0 heterocycles. The second kappa shape index (κ2) is 18.4. The highest BCUT2D eigenvalue weighted by atomic mass is 16.3. The van der Waals surface area contributed by atoms with Gasteiger partial charge in [-0.05, 0) is 24.5 Å². The number of hydrogen-bond acceptors (Lipinski definition) is 1. The van der Waals surface area contributed by atoms with E-state index in [9.17, 15) is 5.11 Å². The van der Waals surface area contributed by atoms with Gasteiger partial charge in [0.15, 0.2) is 0 Å². The van der Waals surface area contributed by atoms with Gasteiger partial charge in [-0.3, -0.25) is 0 Å². The number of hydrogen-bond donors (Lipinski definition) is 1. The van der Waals surface area contributed by atoms with E-state index in [1.165, 1.54) is 83.5 Å². The zero-order valence-electron chi connectivity index (χ0n) is 16.7. The number of rotatable bonds is 13. The van der Waals surface area contributed by atoms with Gasteiger partial charge < -0.3 is 5.11 Å². The second-order valence-electron chi connectivity index (χ2n) is 6.91. The zero-order valence-corrected chi connectivity index (χ0v) is 16.7. The van der Waals surface area contributed by atoms with Gasteiger partial charge in [-0.25, -0.2) is 0 Å². The van der Waals surface area contributed by atoms with Crippen LogP contribution in [0.4, 0.5) is 0 Å². The number of unbranched alkanes of at least 4 members (excludes halogenated alkanes) is 11. The molecular formula is C23H42O. The van der Waals surface area contributed by atoms with Crippen molar-refractivity contribution in [2.24, 2.45) is 0 Å². The van der Waals surface area contributed by atoms with Crippen molar-refractivity contribution in [1.29, 1.82) is 0 Å². The fourth-order valence-electron chi connectivity index (χ4n) is 2.85. The number of para-hydroxylation sites is 1. The molecule has 0 aliphatic carbocycles. The minimum Gasteiger partial charge on any atom is -0.508 e. The van der Waals surface area contributed by atoms with E-state index < -0.39 is 0 Å². The summed E-state index contributed by atoms with van der Waals surface area (Å²) in [6, 6.07) is 7.67. The average Bonchev–Trinajstić information content (AvgIpc) is 2.60. The summed E-state index contributed by atoms with van der Waals surface area (Å²) in [6.07, 6.45) is 18.8. The SMILES string of the molecule is CCCCCCCC.CCCCCCCCCc1ccccc1O. The Kier molecular flexibility index (Phi) is 17.6. The minimum atomic E-state index is 0.452. The lowest BCUT2D eigenvalue weighted by molar-refractivity contribution is 0.466. The molecule has 1 heteroatoms. The Balaban J connectivity index is 0.000000561. The average molecular weight is 335 g/mol. The summed E-state index contributed by atoms with van der Waals surface area (Å²) in [6.45, 7) is 6.76. The summed E-state index contributed by atoms with van der Waals surface area (Å²) in [4.78, 5) is 0. The third-order valence-corrected chi connectivity index (χ3v) is 4.50. The van der Waals surface area contributed by atoms with Gasteiger partial charge in [0.1, 0.15) is 5.75 Å². The molecule has 1 aromatic carbocycles. The molecule has 24 heavy (non-hydrogen) atoms. The van der Waals surface area contributed by atoms with Gasteiger partial charge in [0.25, 0.3) is 0 Å². The van der Waals surface area contributed by atoms with E-state index in [2.05, 4.69) is 20.8 Å². The normalized spacial score (nSPS) is 10.3. The van der Waals surface area contributed by atoms with Crippen LogP contribution in [0.25, 0.3) is 0 Å². The maximum absolute atomic E-state index is 9.58. The largest absolute Gasteiger partial charge is 0.508 e. The molecule has 0 amide bonds. The van der Waals surface area contributed by atoms with Crippen LogP contribution in [-0.4, -0.2) is 5.11 Å². The lowest BCUT2D eigenvalue weighted by Gasteiger charge is -2.04. The van der Waals surface area contributed by atoms with E-state index in [1.807, 2.05) is 18.2 Å². The van der Waals surface area contributed by atoms with Gasteiger partial charge >= 0.3 is 0 Å². The van der Waals surface area contributed by atoms with Gasteiger partial charge in [0, 0.05) is 0 Å². The maximum Gasteiger partial charge on any atom is 0.118 e. The van der Waals surface area contributed by atoms with Crippen LogP contribution in [-0.2, 0) is 6.42 Å². The van der Waals surface area contributed by atoms with Crippen LogP contribution in [0.2, 0.25) is 0 Å². The summed E-state index contributed by atoms with van der Waals surface area (Å²) < 4.78 is 0. The monoisotopic (exact) mass is 334 g/mol. The summed E-state index contributed by atoms with van der Waals surface area (Å²) >= 11 is 0. The predicted molar refractivity (Wildman–Crippen MR) is 109 cm³/mol. The molecule has 0 fully saturated rings. The van der Waals surface area contributed by atoms with Gasteiger partial charge in [-0.1, -0.05) is 116 Å². The molecule has 1 N–H and O–H groups in total. The Labute approximate surface area is 151 Å². The molecule has 0 spiro atoms. The predicted octanol–water partition coefficient (Wildman–Crippen LogP) is 8.05. The molecule has 1 aromatic rings. The molecule has 0 unspecified atom stereocenters. The van der Waals surface area contributed by atoms with Crippen molar-refractivity contribution < 1.29 is 5.11 Å². The molecule has 0 aliphatic rings. The van der Waals surface area contributed by atoms with Crippen molar-refractivity contribution >= 4 is 0 Å². The molecule has 0 saturated carbocycles. The number of aromatic hydroxyl groups is 1. The highest BCUT2D eigenvalue weighted by molar-refractivity contribution is 5.31. The van der Waals surface area contributed by atoms with Gasteiger partial charge in [-0.15, -0.1) is 0 Å². The van der Waals surface area contributed by atoms with Crippen molar-refractivity contribution in [3.05, 3.63) is 29.8 Å². The first-order chi connectivity index (χ1) is 11.8. The summed E-state index contributed by atoms with van der Waals surface area (Å²) in [5.41, 5.74) is 1.09. The van der Waals surface area contributed by atoms with E-state index in [-0.39, 0.29) is 0 Å². The van der Waals surface area contributed by atoms with Crippen LogP contribution < -0.4 is 0 Å². The standard InChI is InChI=1S/C15H24O.C8H18/c1-2-3-4-5-6-7-8-11-14-12-9-10-13-15(14)16;1-3-5-7-8-6-4-2/h9-10,12-13,16H,2-8,11H2,1H3;3-8H2,1-2H3. The Morgan fingerprint density at radius 1 is 0.583 bits per heavy atom. The Morgan fingerprint density at radius 3 is 1.46 bits per heavy atom. The summed E-state index contributed by atoms with van der Waals surface area (Å²) in [5, 5.41) is 9.58. The lowest BCUT2D eigenvalue weighted by Crippen LogP contribution is -1.87. The molecule has 0 atom stereocenters. The van der Waals surface area contributed by atoms with Crippen LogP contribution in [0.3, 0.4) is 0 Å². The second-order valence-corrected chi connectivity index (χ2v) is 6.91. The molecular weight excluding hydrogens is 292 g/mol. The molecule has 0 bridgehead atoms. The molecule has 1 nitrogen and oxygen atoms in total. The van der Waals surface area contributed by atoms with Gasteiger partial charge in [0.05, 0.1) is 0 Å². The number of phenolic OH excluding ortho intramolecular Hbond substituents is 1. The van der Waals surface area contributed by atoms with E-state index in [0.29, 0.717) is 5.75 Å². The smallest absolute Gasteiger partial charge is 0.118 e. The van der Waals surface area contributed by atoms with E-state index >= 15 is 0 Å². The Bertz CT molecular complexity index is 353. The van der Waals surface area contributed by atoms with E-state index in [1.54, 1.807) is 6.07 Å². The third-order valence-electron chi connectivity index (χ3n) is 4.50. The summed E-state index contributed by atoms with van der Waals surface area (Å²) in [5.74, 6) is 0.452. The first kappa shape index (κ1) is 23.0. The number of benzene rings is 1. The van der Waals surface area contributed by atoms with E-state index in [0.717, 1.165) is 12.0 Å². The van der Waals surface area contributed by atoms with Crippen molar-refractivity contribution in [2.45, 2.75) is 111 Å². The molecule has 0 saturated heterocycles. The first-order valence-electron chi connectivity index (χ1n) is 10.5. The summed E-state index contributed by atoms with van der Waals surface area (Å²) in [7, 11) is 0. The molecule has 140 valence electrons. The fraction of sp³-hybridized carbons (Fsp3) is 0.739. The molecule has 0 radical (unpaired) electrons. The maximum atomic E-state index is 9.58. The van der Waals surface area contributed by atoms with Crippen LogP contribution in [0.15, 0.2) is 24.3 Å². The minimum absolute atomic E-state index is 0.452. The van der Waals surface area contributed by atoms with Crippen molar-refractivity contribution in [2.75, 3.05) is 0 Å². The van der Waals surface area contributed by atoms with Crippen molar-refractivity contribution in [1.82, 2.24) is 0 Å². The third kappa shape index (κ3) is 14.6. The fourth-order valence-corrected chi connectivity index (χ4v) is 2.85. The van der Waals surface area contributed by atoms with Crippen molar-refractivity contribution in [3.8, 4) is 5.75 Å². The lowest BCUT2D eigenvalue weighted by atomic mass is 10.0. The van der Waals surface area contributed by atoms with Crippen LogP contribution in [0.1, 0.15) is 110 Å². The Hall–Kier alpha value is -0.980. The van der Waals surface area contributed by atoms with Gasteiger partial charge in [-0.2, -0.15) is 0 Å². The Morgan fingerprint density at radius 2 is 1.00 bits per heavy atom. The van der Waals surface area contributed by atoms with Gasteiger partial charge in [0.2, 0.25) is 0 Å². The quantitative estimate of drug-likeness (QED) is 0.362. The number of aryl methyl sites for hydroxylation is 1. The number of phenols is 1. The van der Waals surface area contributed by atoms with Crippen molar-refractivity contribution in [3.63, 3.8) is 0 Å². The first-order valence-corrected chi connectivity index (χ1v) is 10.5. The molecule has 0 aliphatic heterocycles. The van der Waals surface area contributed by atoms with Crippen LogP contribution in [0, 0.1) is 0 Å². The molecule has 1 rings (SSSR count). The highest BCUT2D eigenvalue weighted by Crippen LogP contribution is 2.18. The zero-order chi connectivity index (χ0) is 17.9. The van der Waals surface area contributed by atoms with E-state index in [4.69, 9.17) is 0 Å². The topological polar surface area (TPSA) is 20.2 Å².